The highest BCUT2D eigenvalue weighted by Crippen LogP contribution is 1.73. The van der Waals surface area contributed by atoms with Gasteiger partial charge in [0, 0.05) is 4.99 Å². The van der Waals surface area contributed by atoms with Gasteiger partial charge in [0.05, 0.1) is 0 Å². The van der Waals surface area contributed by atoms with Crippen LogP contribution in [0.4, 0.5) is 0 Å². The molecule has 0 saturated heterocycles. The minimum Gasteiger partial charge on any atom is -0.0723 e. The minimum atomic E-state index is 1.79. The molecule has 0 unspecified atom stereocenters. The summed E-state index contributed by atoms with van der Waals surface area (Å²) >= 11 is 2.94. The van der Waals surface area contributed by atoms with Crippen molar-refractivity contribution >= 4 is 15.9 Å². The predicted octanol–water partition coefficient (Wildman–Crippen LogP) is 1.72. The Morgan fingerprint density at radius 2 is 2.25 bits per heavy atom. The Labute approximate surface area is 34.6 Å². The van der Waals surface area contributed by atoms with Gasteiger partial charge in [-0.3, -0.25) is 0 Å². The molecule has 0 N–H and O–H groups in total. The van der Waals surface area contributed by atoms with Gasteiger partial charge >= 0.3 is 0 Å². The molecule has 0 aromatic rings. The molecule has 0 aromatic heterocycles. The van der Waals surface area contributed by atoms with Crippen molar-refractivity contribution in [3.05, 3.63) is 11.1 Å². The zero-order valence-corrected chi connectivity index (χ0v) is 4.04. The number of allylic oxidation sites excluding steroid dienone is 1. The van der Waals surface area contributed by atoms with Gasteiger partial charge in [0.1, 0.15) is 0 Å². The van der Waals surface area contributed by atoms with Crippen molar-refractivity contribution in [1.29, 1.82) is 0 Å². The van der Waals surface area contributed by atoms with E-state index in [9.17, 15) is 0 Å². The van der Waals surface area contributed by atoms with Gasteiger partial charge in [-0.25, -0.2) is 0 Å². The molecule has 0 heterocycles. The second-order valence-electron chi connectivity index (χ2n) is 0.398. The molecule has 1 radical (unpaired) electrons. The summed E-state index contributed by atoms with van der Waals surface area (Å²) in [5.41, 5.74) is 0. The van der Waals surface area contributed by atoms with Gasteiger partial charge in [0.2, 0.25) is 0 Å². The molecule has 1 heteroatoms. The van der Waals surface area contributed by atoms with Crippen LogP contribution in [0.25, 0.3) is 0 Å². The summed E-state index contributed by atoms with van der Waals surface area (Å²) in [5.74, 6) is 0. The lowest BCUT2D eigenvalue weighted by atomic mass is 10.8. The molecule has 0 bridgehead atoms. The van der Waals surface area contributed by atoms with E-state index in [4.69, 9.17) is 0 Å². The Kier molecular flexibility index (Phi) is 3.40. The van der Waals surface area contributed by atoms with Crippen molar-refractivity contribution in [1.82, 2.24) is 0 Å². The van der Waals surface area contributed by atoms with E-state index >= 15 is 0 Å². The van der Waals surface area contributed by atoms with E-state index in [0.717, 1.165) is 0 Å². The van der Waals surface area contributed by atoms with Gasteiger partial charge < -0.3 is 0 Å². The Morgan fingerprint density at radius 1 is 2.00 bits per heavy atom. The third-order valence-electron chi connectivity index (χ3n) is 0.109. The Hall–Kier alpha value is 0.220. The van der Waals surface area contributed by atoms with Gasteiger partial charge in [-0.1, -0.05) is 6.08 Å². The smallest absolute Gasteiger partial charge is 0.0271 e. The fourth-order valence-corrected chi connectivity index (χ4v) is 0. The molecule has 23 valence electrons. The second kappa shape index (κ2) is 3.22. The molecule has 0 aliphatic heterocycles. The Morgan fingerprint density at radius 3 is 2.25 bits per heavy atom. The molecule has 0 amide bonds. The van der Waals surface area contributed by atoms with Crippen LogP contribution in [0.3, 0.4) is 0 Å². The summed E-state index contributed by atoms with van der Waals surface area (Å²) in [7, 11) is 0. The summed E-state index contributed by atoms with van der Waals surface area (Å²) in [5, 5.41) is 0. The molecule has 4 heavy (non-hydrogen) atoms. The number of hydrogen-bond acceptors (Lipinski definition) is 0. The van der Waals surface area contributed by atoms with E-state index in [1.165, 1.54) is 0 Å². The Balaban J connectivity index is 2.55. The van der Waals surface area contributed by atoms with Crippen LogP contribution in [0.2, 0.25) is 0 Å². The van der Waals surface area contributed by atoms with E-state index in [2.05, 4.69) is 20.9 Å². The highest BCUT2D eigenvalue weighted by molar-refractivity contribution is 9.10. The maximum absolute atomic E-state index is 2.94. The van der Waals surface area contributed by atoms with E-state index in [1.807, 2.05) is 6.92 Å². The van der Waals surface area contributed by atoms with Crippen LogP contribution in [0.15, 0.2) is 6.08 Å². The molecule has 0 saturated carbocycles. The first-order chi connectivity index (χ1) is 1.91. The lowest BCUT2D eigenvalue weighted by molar-refractivity contribution is 1.77. The average molecular weight is 120 g/mol. The molecule has 0 atom stereocenters. The van der Waals surface area contributed by atoms with Gasteiger partial charge in [0.15, 0.2) is 0 Å². The van der Waals surface area contributed by atoms with E-state index in [0.29, 0.717) is 0 Å². The molecular weight excluding hydrogens is 116 g/mol. The third kappa shape index (κ3) is 2.22. The highest BCUT2D eigenvalue weighted by Gasteiger charge is 1.39. The van der Waals surface area contributed by atoms with Crippen molar-refractivity contribution in [2.24, 2.45) is 0 Å². The summed E-state index contributed by atoms with van der Waals surface area (Å²) in [6.45, 7) is 1.90. The fourth-order valence-electron chi connectivity index (χ4n) is 0. The highest BCUT2D eigenvalue weighted by atomic mass is 79.9. The van der Waals surface area contributed by atoms with Crippen LogP contribution >= 0.6 is 15.9 Å². The van der Waals surface area contributed by atoms with Crippen LogP contribution in [-0.4, -0.2) is 0 Å². The molecule has 0 aliphatic carbocycles. The van der Waals surface area contributed by atoms with Gasteiger partial charge in [-0.05, 0) is 22.9 Å². The first kappa shape index (κ1) is 4.22. The summed E-state index contributed by atoms with van der Waals surface area (Å²) in [6.07, 6.45) is 1.79. The lowest BCUT2D eigenvalue weighted by Crippen LogP contribution is -1.21. The van der Waals surface area contributed by atoms with Crippen LogP contribution in [0, 0.1) is 4.99 Å². The minimum absolute atomic E-state index is 1.79. The molecule has 0 aromatic carbocycles. The molecular formula is C3H4Br. The normalized spacial score (nSPS) is 9.50. The first-order valence-corrected chi connectivity index (χ1v) is 1.85. The summed E-state index contributed by atoms with van der Waals surface area (Å²) < 4.78 is 0. The topological polar surface area (TPSA) is 0 Å². The van der Waals surface area contributed by atoms with Crippen molar-refractivity contribution in [3.63, 3.8) is 0 Å². The van der Waals surface area contributed by atoms with Crippen LogP contribution < -0.4 is 0 Å². The largest absolute Gasteiger partial charge is 0.0723 e. The van der Waals surface area contributed by atoms with E-state index in [-0.39, 0.29) is 0 Å². The third-order valence-corrected chi connectivity index (χ3v) is 0.567. The van der Waals surface area contributed by atoms with Crippen LogP contribution in [0.5, 0.6) is 0 Å². The fraction of sp³-hybridized carbons (Fsp3) is 0.333. The summed E-state index contributed by atoms with van der Waals surface area (Å²) in [4.78, 5) is 2.62. The number of rotatable bonds is 0. The average Bonchev–Trinajstić information content (AvgIpc) is 1.37. The summed E-state index contributed by atoms with van der Waals surface area (Å²) in [6, 6.07) is 0. The molecule has 0 rings (SSSR count). The molecule has 0 fully saturated rings. The number of hydrogen-bond donors (Lipinski definition) is 0. The van der Waals surface area contributed by atoms with Crippen LogP contribution in [-0.2, 0) is 0 Å². The van der Waals surface area contributed by atoms with E-state index < -0.39 is 0 Å². The monoisotopic (exact) mass is 119 g/mol. The van der Waals surface area contributed by atoms with Crippen molar-refractivity contribution in [2.45, 2.75) is 6.92 Å². The second-order valence-corrected chi connectivity index (χ2v) is 0.856. The lowest BCUT2D eigenvalue weighted by Gasteiger charge is -1.45. The van der Waals surface area contributed by atoms with Gasteiger partial charge in [-0.2, -0.15) is 0 Å². The number of halogens is 1. The predicted molar refractivity (Wildman–Crippen MR) is 22.4 cm³/mol. The maximum Gasteiger partial charge on any atom is 0.0271 e. The SMILES string of the molecule is C/C=[C]\Br. The maximum atomic E-state index is 2.94. The Bertz CT molecular complexity index is 18.5. The van der Waals surface area contributed by atoms with Gasteiger partial charge in [0.25, 0.3) is 0 Å². The van der Waals surface area contributed by atoms with Crippen molar-refractivity contribution in [2.75, 3.05) is 0 Å². The van der Waals surface area contributed by atoms with Gasteiger partial charge in [-0.15, -0.1) is 0 Å². The zero-order chi connectivity index (χ0) is 3.41. The first-order valence-electron chi connectivity index (χ1n) is 1.06. The van der Waals surface area contributed by atoms with Crippen molar-refractivity contribution in [3.8, 4) is 0 Å². The quantitative estimate of drug-likeness (QED) is 0.456. The van der Waals surface area contributed by atoms with E-state index in [1.54, 1.807) is 6.08 Å². The molecule has 0 aliphatic rings. The van der Waals surface area contributed by atoms with Crippen LogP contribution in [0.1, 0.15) is 6.92 Å². The van der Waals surface area contributed by atoms with Crippen molar-refractivity contribution < 1.29 is 0 Å². The standard InChI is InChI=1S/C3H4Br/c1-2-3-4/h2H,1H3. The molecule has 0 spiro atoms. The zero-order valence-electron chi connectivity index (χ0n) is 2.46. The molecule has 0 nitrogen and oxygen atoms in total.